The van der Waals surface area contributed by atoms with E-state index in [1.807, 2.05) is 11.4 Å². The molecule has 1 saturated carbocycles. The van der Waals surface area contributed by atoms with Crippen LogP contribution in [0.25, 0.3) is 0 Å². The lowest BCUT2D eigenvalue weighted by molar-refractivity contribution is -0.140. The zero-order valence-electron chi connectivity index (χ0n) is 14.9. The van der Waals surface area contributed by atoms with Crippen LogP contribution in [-0.2, 0) is 16.1 Å². The molecule has 0 spiro atoms. The standard InChI is InChI=1S/C19H24N4O2S/c1-20-19(22-11-14-4-2-9-26-14)21-7-3-8-23-17(24)15-12-5-6-13(10-12)16(15)18(23)25/h2,4-6,9,12-13,15-16H,3,7-8,10-11H2,1H3,(H2,20,21,22). The van der Waals surface area contributed by atoms with Gasteiger partial charge in [-0.2, -0.15) is 0 Å². The highest BCUT2D eigenvalue weighted by atomic mass is 32.1. The van der Waals surface area contributed by atoms with Crippen LogP contribution < -0.4 is 10.6 Å². The average Bonchev–Trinajstić information content (AvgIpc) is 3.42. The van der Waals surface area contributed by atoms with E-state index in [1.54, 1.807) is 18.4 Å². The molecule has 1 aromatic rings. The van der Waals surface area contributed by atoms with Gasteiger partial charge in [-0.3, -0.25) is 19.5 Å². The smallest absolute Gasteiger partial charge is 0.233 e. The minimum atomic E-state index is -0.0920. The van der Waals surface area contributed by atoms with E-state index < -0.39 is 0 Å². The van der Waals surface area contributed by atoms with E-state index in [-0.39, 0.29) is 35.5 Å². The van der Waals surface area contributed by atoms with E-state index in [0.717, 1.165) is 25.3 Å². The lowest BCUT2D eigenvalue weighted by Gasteiger charge is -2.18. The normalized spacial score (nSPS) is 29.6. The minimum absolute atomic E-state index is 0.0389. The first-order valence-electron chi connectivity index (χ1n) is 9.19. The van der Waals surface area contributed by atoms with Crippen LogP contribution >= 0.6 is 11.3 Å². The van der Waals surface area contributed by atoms with Gasteiger partial charge in [-0.25, -0.2) is 0 Å². The summed E-state index contributed by atoms with van der Waals surface area (Å²) in [7, 11) is 1.74. The second-order valence-corrected chi connectivity index (χ2v) is 8.15. The highest BCUT2D eigenvalue weighted by Crippen LogP contribution is 2.52. The molecule has 2 N–H and O–H groups in total. The number of hydrogen-bond donors (Lipinski definition) is 2. The number of carbonyl (C=O) groups is 2. The molecule has 1 aromatic heterocycles. The third kappa shape index (κ3) is 3.05. The molecule has 2 amide bonds. The van der Waals surface area contributed by atoms with Gasteiger partial charge in [0.1, 0.15) is 0 Å². The Balaban J connectivity index is 1.22. The van der Waals surface area contributed by atoms with Crippen molar-refractivity contribution in [3.63, 3.8) is 0 Å². The number of fused-ring (bicyclic) bond motifs is 5. The molecule has 1 aliphatic heterocycles. The number of allylic oxidation sites excluding steroid dienone is 2. The van der Waals surface area contributed by atoms with Crippen molar-refractivity contribution in [1.82, 2.24) is 15.5 Å². The van der Waals surface area contributed by atoms with E-state index in [0.29, 0.717) is 13.1 Å². The number of guanidine groups is 1. The predicted octanol–water partition coefficient (Wildman–Crippen LogP) is 1.61. The molecule has 6 nitrogen and oxygen atoms in total. The maximum atomic E-state index is 12.6. The molecule has 7 heteroatoms. The number of carbonyl (C=O) groups excluding carboxylic acids is 2. The first-order valence-corrected chi connectivity index (χ1v) is 10.1. The number of imide groups is 1. The van der Waals surface area contributed by atoms with E-state index in [4.69, 9.17) is 0 Å². The van der Waals surface area contributed by atoms with Gasteiger partial charge in [0, 0.05) is 25.0 Å². The zero-order valence-corrected chi connectivity index (χ0v) is 15.7. The minimum Gasteiger partial charge on any atom is -0.356 e. The summed E-state index contributed by atoms with van der Waals surface area (Å²) in [6.07, 6.45) is 5.96. The molecule has 4 atom stereocenters. The molecule has 2 heterocycles. The molecule has 3 aliphatic rings. The summed E-state index contributed by atoms with van der Waals surface area (Å²) in [5.74, 6) is 1.19. The number of likely N-dealkylation sites (tertiary alicyclic amines) is 1. The second kappa shape index (κ2) is 7.23. The van der Waals surface area contributed by atoms with Gasteiger partial charge >= 0.3 is 0 Å². The van der Waals surface area contributed by atoms with Gasteiger partial charge in [-0.05, 0) is 36.1 Å². The molecular weight excluding hydrogens is 348 g/mol. The highest BCUT2D eigenvalue weighted by Gasteiger charge is 2.58. The van der Waals surface area contributed by atoms with Gasteiger partial charge in [0.25, 0.3) is 0 Å². The highest BCUT2D eigenvalue weighted by molar-refractivity contribution is 7.09. The van der Waals surface area contributed by atoms with Crippen LogP contribution in [0.15, 0.2) is 34.7 Å². The van der Waals surface area contributed by atoms with Gasteiger partial charge < -0.3 is 10.6 Å². The number of rotatable bonds is 6. The largest absolute Gasteiger partial charge is 0.356 e. The SMILES string of the molecule is CN=C(NCCCN1C(=O)C2C3C=CC(C3)C2C1=O)NCc1cccs1. The Morgan fingerprint density at radius 3 is 2.58 bits per heavy atom. The number of hydrogen-bond acceptors (Lipinski definition) is 4. The first-order chi connectivity index (χ1) is 12.7. The third-order valence-corrected chi connectivity index (χ3v) is 6.52. The van der Waals surface area contributed by atoms with Crippen molar-refractivity contribution < 1.29 is 9.59 Å². The molecule has 2 aliphatic carbocycles. The van der Waals surface area contributed by atoms with Gasteiger partial charge in [0.15, 0.2) is 5.96 Å². The Labute approximate surface area is 157 Å². The maximum absolute atomic E-state index is 12.6. The van der Waals surface area contributed by atoms with Crippen LogP contribution in [0.3, 0.4) is 0 Å². The monoisotopic (exact) mass is 372 g/mol. The van der Waals surface area contributed by atoms with Crippen molar-refractivity contribution in [3.8, 4) is 0 Å². The van der Waals surface area contributed by atoms with Crippen LogP contribution in [0.2, 0.25) is 0 Å². The van der Waals surface area contributed by atoms with Crippen LogP contribution in [0.5, 0.6) is 0 Å². The van der Waals surface area contributed by atoms with Crippen molar-refractivity contribution in [2.24, 2.45) is 28.7 Å². The molecule has 0 aromatic carbocycles. The summed E-state index contributed by atoms with van der Waals surface area (Å²) in [4.78, 5) is 32.2. The fraction of sp³-hybridized carbons (Fsp3) is 0.526. The number of nitrogens with one attached hydrogen (secondary N) is 2. The molecule has 1 saturated heterocycles. The zero-order chi connectivity index (χ0) is 18.1. The first kappa shape index (κ1) is 17.3. The van der Waals surface area contributed by atoms with Crippen molar-refractivity contribution in [2.45, 2.75) is 19.4 Å². The molecule has 4 unspecified atom stereocenters. The second-order valence-electron chi connectivity index (χ2n) is 7.11. The van der Waals surface area contributed by atoms with Crippen LogP contribution in [0.1, 0.15) is 17.7 Å². The summed E-state index contributed by atoms with van der Waals surface area (Å²) in [5, 5.41) is 8.56. The molecule has 138 valence electrons. The van der Waals surface area contributed by atoms with Crippen molar-refractivity contribution in [2.75, 3.05) is 20.1 Å². The Morgan fingerprint density at radius 1 is 1.23 bits per heavy atom. The summed E-state index contributed by atoms with van der Waals surface area (Å²) in [5.41, 5.74) is 0. The van der Waals surface area contributed by atoms with Crippen molar-refractivity contribution in [3.05, 3.63) is 34.5 Å². The fourth-order valence-corrected chi connectivity index (χ4v) is 5.08. The fourth-order valence-electron chi connectivity index (χ4n) is 4.43. The molecule has 2 bridgehead atoms. The Hall–Kier alpha value is -2.15. The number of amides is 2. The molecule has 0 radical (unpaired) electrons. The summed E-state index contributed by atoms with van der Waals surface area (Å²) >= 11 is 1.70. The maximum Gasteiger partial charge on any atom is 0.233 e. The van der Waals surface area contributed by atoms with Gasteiger partial charge in [-0.1, -0.05) is 18.2 Å². The molecular formula is C19H24N4O2S. The molecule has 2 fully saturated rings. The van der Waals surface area contributed by atoms with Gasteiger partial charge in [0.2, 0.25) is 11.8 Å². The van der Waals surface area contributed by atoms with Gasteiger partial charge in [0.05, 0.1) is 18.4 Å². The van der Waals surface area contributed by atoms with E-state index in [1.165, 1.54) is 9.78 Å². The lowest BCUT2D eigenvalue weighted by Crippen LogP contribution is -2.39. The van der Waals surface area contributed by atoms with Crippen LogP contribution in [-0.4, -0.2) is 42.8 Å². The Morgan fingerprint density at radius 2 is 1.96 bits per heavy atom. The van der Waals surface area contributed by atoms with Crippen molar-refractivity contribution in [1.29, 1.82) is 0 Å². The summed E-state index contributed by atoms with van der Waals surface area (Å²) in [6.45, 7) is 1.89. The summed E-state index contributed by atoms with van der Waals surface area (Å²) < 4.78 is 0. The van der Waals surface area contributed by atoms with E-state index in [9.17, 15) is 9.59 Å². The molecule has 26 heavy (non-hydrogen) atoms. The predicted molar refractivity (Wildman–Crippen MR) is 102 cm³/mol. The Bertz CT molecular complexity index is 713. The van der Waals surface area contributed by atoms with Crippen LogP contribution in [0.4, 0.5) is 0 Å². The third-order valence-electron chi connectivity index (χ3n) is 5.65. The van der Waals surface area contributed by atoms with Gasteiger partial charge in [-0.15, -0.1) is 11.3 Å². The quantitative estimate of drug-likeness (QED) is 0.262. The average molecular weight is 372 g/mol. The topological polar surface area (TPSA) is 73.8 Å². The van der Waals surface area contributed by atoms with E-state index >= 15 is 0 Å². The van der Waals surface area contributed by atoms with Crippen LogP contribution in [0, 0.1) is 23.7 Å². The molecule has 4 rings (SSSR count). The summed E-state index contributed by atoms with van der Waals surface area (Å²) in [6, 6.07) is 4.10. The number of thiophene rings is 1. The number of aliphatic imine (C=N–C) groups is 1. The number of nitrogens with zero attached hydrogens (tertiary/aromatic N) is 2. The lowest BCUT2D eigenvalue weighted by atomic mass is 9.85. The van der Waals surface area contributed by atoms with E-state index in [2.05, 4.69) is 33.8 Å². The Kier molecular flexibility index (Phi) is 4.80. The van der Waals surface area contributed by atoms with Crippen molar-refractivity contribution >= 4 is 29.1 Å².